The molecule has 1 aromatic carbocycles. The molecule has 1 heterocycles. The molecule has 2 N–H and O–H groups in total. The Morgan fingerprint density at radius 2 is 2.14 bits per heavy atom. The fourth-order valence-corrected chi connectivity index (χ4v) is 3.76. The van der Waals surface area contributed by atoms with Crippen molar-refractivity contribution in [3.05, 3.63) is 35.0 Å². The van der Waals surface area contributed by atoms with Crippen LogP contribution in [0, 0.1) is 6.92 Å². The summed E-state index contributed by atoms with van der Waals surface area (Å²) in [6, 6.07) is 3.95. The second-order valence-electron chi connectivity index (χ2n) is 4.02. The Morgan fingerprint density at radius 1 is 1.43 bits per heavy atom. The summed E-state index contributed by atoms with van der Waals surface area (Å²) in [6.07, 6.45) is 1.27. The molecule has 2 rings (SSSR count). The van der Waals surface area contributed by atoms with E-state index in [0.29, 0.717) is 5.01 Å². The van der Waals surface area contributed by atoms with Crippen LogP contribution in [0.5, 0.6) is 5.75 Å². The fraction of sp³-hybridized carbons (Fsp3) is 0.167. The quantitative estimate of drug-likeness (QED) is 0.869. The maximum Gasteiger partial charge on any atom is 0.339 e. The van der Waals surface area contributed by atoms with Gasteiger partial charge in [0.05, 0.1) is 24.0 Å². The highest BCUT2D eigenvalue weighted by molar-refractivity contribution is 7.94. The van der Waals surface area contributed by atoms with Gasteiger partial charge in [0.1, 0.15) is 11.3 Å². The number of benzene rings is 1. The second-order valence-corrected chi connectivity index (χ2v) is 7.17. The molecule has 0 atom stereocenters. The van der Waals surface area contributed by atoms with Gasteiger partial charge in [-0.1, -0.05) is 0 Å². The van der Waals surface area contributed by atoms with Crippen LogP contribution < -0.4 is 9.46 Å². The number of aromatic carboxylic acids is 1. The molecule has 112 valence electrons. The Labute approximate surface area is 125 Å². The van der Waals surface area contributed by atoms with E-state index in [9.17, 15) is 13.2 Å². The van der Waals surface area contributed by atoms with Gasteiger partial charge in [0.25, 0.3) is 10.0 Å². The van der Waals surface area contributed by atoms with Crippen LogP contribution in [0.4, 0.5) is 5.69 Å². The zero-order valence-electron chi connectivity index (χ0n) is 11.2. The van der Waals surface area contributed by atoms with E-state index in [0.717, 1.165) is 11.3 Å². The maximum atomic E-state index is 12.1. The smallest absolute Gasteiger partial charge is 0.339 e. The summed E-state index contributed by atoms with van der Waals surface area (Å²) in [6.45, 7) is 1.70. The minimum atomic E-state index is -3.75. The van der Waals surface area contributed by atoms with Crippen molar-refractivity contribution in [3.8, 4) is 5.75 Å². The summed E-state index contributed by atoms with van der Waals surface area (Å²) in [5.41, 5.74) is 0.164. The van der Waals surface area contributed by atoms with Gasteiger partial charge in [-0.3, -0.25) is 4.72 Å². The summed E-state index contributed by atoms with van der Waals surface area (Å²) in [7, 11) is -2.44. The van der Waals surface area contributed by atoms with Gasteiger partial charge >= 0.3 is 5.97 Å². The molecule has 0 saturated heterocycles. The van der Waals surface area contributed by atoms with Crippen LogP contribution >= 0.6 is 11.3 Å². The largest absolute Gasteiger partial charge is 0.496 e. The van der Waals surface area contributed by atoms with E-state index in [1.807, 2.05) is 0 Å². The first kappa shape index (κ1) is 15.3. The molecule has 9 heteroatoms. The number of aromatic nitrogens is 1. The van der Waals surface area contributed by atoms with Crippen molar-refractivity contribution < 1.29 is 23.1 Å². The summed E-state index contributed by atoms with van der Waals surface area (Å²) in [4.78, 5) is 14.9. The molecule has 21 heavy (non-hydrogen) atoms. The molecule has 0 bridgehead atoms. The molecule has 0 spiro atoms. The highest BCUT2D eigenvalue weighted by Crippen LogP contribution is 2.26. The predicted octanol–water partition coefficient (Wildman–Crippen LogP) is 1.96. The summed E-state index contributed by atoms with van der Waals surface area (Å²) in [5.74, 6) is -1.08. The van der Waals surface area contributed by atoms with Gasteiger partial charge in [0.2, 0.25) is 0 Å². The number of thiazole rings is 1. The van der Waals surface area contributed by atoms with Gasteiger partial charge in [-0.15, -0.1) is 11.3 Å². The number of carbonyl (C=O) groups is 1. The summed E-state index contributed by atoms with van der Waals surface area (Å²) < 4.78 is 31.7. The lowest BCUT2D eigenvalue weighted by Crippen LogP contribution is -2.12. The Kier molecular flexibility index (Phi) is 4.14. The van der Waals surface area contributed by atoms with E-state index in [2.05, 4.69) is 9.71 Å². The number of hydrogen-bond donors (Lipinski definition) is 2. The van der Waals surface area contributed by atoms with Gasteiger partial charge in [-0.05, 0) is 19.1 Å². The minimum Gasteiger partial charge on any atom is -0.496 e. The first-order chi connectivity index (χ1) is 9.83. The molecule has 0 aliphatic carbocycles. The third kappa shape index (κ3) is 3.31. The fourth-order valence-electron chi connectivity index (χ4n) is 1.60. The molecule has 7 nitrogen and oxygen atoms in total. The van der Waals surface area contributed by atoms with Crippen LogP contribution in [0.15, 0.2) is 28.6 Å². The van der Waals surface area contributed by atoms with E-state index >= 15 is 0 Å². The van der Waals surface area contributed by atoms with E-state index < -0.39 is 16.0 Å². The first-order valence-corrected chi connectivity index (χ1v) is 8.00. The molecular weight excluding hydrogens is 316 g/mol. The van der Waals surface area contributed by atoms with Gasteiger partial charge in [0.15, 0.2) is 4.21 Å². The lowest BCUT2D eigenvalue weighted by molar-refractivity contribution is 0.0693. The molecule has 0 saturated carbocycles. The van der Waals surface area contributed by atoms with E-state index in [1.165, 1.54) is 31.5 Å². The molecule has 1 aromatic heterocycles. The van der Waals surface area contributed by atoms with Crippen LogP contribution in [0.2, 0.25) is 0 Å². The Hall–Kier alpha value is -2.13. The lowest BCUT2D eigenvalue weighted by atomic mass is 10.2. The Balaban J connectivity index is 2.34. The molecule has 2 aromatic rings. The number of rotatable bonds is 5. The van der Waals surface area contributed by atoms with Crippen LogP contribution in [-0.2, 0) is 10.0 Å². The number of methoxy groups -OCH3 is 1. The van der Waals surface area contributed by atoms with Crippen LogP contribution in [0.25, 0.3) is 0 Å². The molecule has 0 aliphatic rings. The number of nitrogens with one attached hydrogen (secondary N) is 1. The Bertz CT molecular complexity index is 783. The number of nitrogens with zero attached hydrogens (tertiary/aromatic N) is 1. The van der Waals surface area contributed by atoms with Crippen molar-refractivity contribution >= 4 is 33.0 Å². The van der Waals surface area contributed by atoms with Crippen LogP contribution in [0.1, 0.15) is 15.4 Å². The lowest BCUT2D eigenvalue weighted by Gasteiger charge is -2.09. The maximum absolute atomic E-state index is 12.1. The van der Waals surface area contributed by atoms with Gasteiger partial charge < -0.3 is 9.84 Å². The molecular formula is C12H12N2O5S2. The van der Waals surface area contributed by atoms with E-state index in [1.54, 1.807) is 6.92 Å². The minimum absolute atomic E-state index is 0.0471. The van der Waals surface area contributed by atoms with Crippen molar-refractivity contribution in [2.24, 2.45) is 0 Å². The highest BCUT2D eigenvalue weighted by Gasteiger charge is 2.19. The SMILES string of the molecule is COc1cc(NS(=O)(=O)c2cnc(C)s2)ccc1C(=O)O. The average molecular weight is 328 g/mol. The normalized spacial score (nSPS) is 11.1. The zero-order chi connectivity index (χ0) is 15.6. The molecule has 0 amide bonds. The highest BCUT2D eigenvalue weighted by atomic mass is 32.2. The first-order valence-electron chi connectivity index (χ1n) is 5.70. The predicted molar refractivity (Wildman–Crippen MR) is 77.6 cm³/mol. The topological polar surface area (TPSA) is 106 Å². The van der Waals surface area contributed by atoms with Gasteiger partial charge in [-0.25, -0.2) is 18.2 Å². The number of ether oxygens (including phenoxy) is 1. The number of aryl methyl sites for hydroxylation is 1. The van der Waals surface area contributed by atoms with Gasteiger partial charge in [-0.2, -0.15) is 0 Å². The van der Waals surface area contributed by atoms with Crippen LogP contribution in [-0.4, -0.2) is 31.6 Å². The van der Waals surface area contributed by atoms with Crippen molar-refractivity contribution in [2.75, 3.05) is 11.8 Å². The average Bonchev–Trinajstić information content (AvgIpc) is 2.85. The zero-order valence-corrected chi connectivity index (χ0v) is 12.8. The van der Waals surface area contributed by atoms with Crippen molar-refractivity contribution in [1.82, 2.24) is 4.98 Å². The van der Waals surface area contributed by atoms with E-state index in [-0.39, 0.29) is 21.2 Å². The monoisotopic (exact) mass is 328 g/mol. The number of carboxylic acids is 1. The summed E-state index contributed by atoms with van der Waals surface area (Å²) in [5, 5.41) is 9.61. The van der Waals surface area contributed by atoms with Crippen molar-refractivity contribution in [3.63, 3.8) is 0 Å². The van der Waals surface area contributed by atoms with Crippen molar-refractivity contribution in [1.29, 1.82) is 0 Å². The summed E-state index contributed by atoms with van der Waals surface area (Å²) >= 11 is 1.04. The third-order valence-electron chi connectivity index (χ3n) is 2.55. The molecule has 0 radical (unpaired) electrons. The van der Waals surface area contributed by atoms with Crippen LogP contribution in [0.3, 0.4) is 0 Å². The second kappa shape index (κ2) is 5.70. The molecule has 0 aliphatic heterocycles. The number of carboxylic acid groups (broad SMARTS) is 1. The molecule has 0 fully saturated rings. The number of hydrogen-bond acceptors (Lipinski definition) is 6. The van der Waals surface area contributed by atoms with Crippen molar-refractivity contribution in [2.45, 2.75) is 11.1 Å². The Morgan fingerprint density at radius 3 is 2.67 bits per heavy atom. The van der Waals surface area contributed by atoms with Gasteiger partial charge in [0, 0.05) is 6.07 Å². The standard InChI is InChI=1S/C12H12N2O5S2/c1-7-13-6-11(20-7)21(17,18)14-8-3-4-9(12(15)16)10(5-8)19-2/h3-6,14H,1-2H3,(H,15,16). The number of sulfonamides is 1. The third-order valence-corrected chi connectivity index (χ3v) is 5.30. The number of anilines is 1. The molecule has 0 unspecified atom stereocenters. The van der Waals surface area contributed by atoms with E-state index in [4.69, 9.17) is 9.84 Å².